The highest BCUT2D eigenvalue weighted by Gasteiger charge is 2.24. The number of nitrogens with one attached hydrogen (secondary N) is 1. The van der Waals surface area contributed by atoms with E-state index in [0.29, 0.717) is 30.2 Å². The first-order chi connectivity index (χ1) is 13.5. The van der Waals surface area contributed by atoms with Crippen LogP contribution in [0.1, 0.15) is 23.9 Å². The molecule has 4 rings (SSSR count). The summed E-state index contributed by atoms with van der Waals surface area (Å²) in [4.78, 5) is 0. The molecule has 2 aromatic heterocycles. The zero-order valence-corrected chi connectivity index (χ0v) is 16.0. The highest BCUT2D eigenvalue weighted by atomic mass is 35.5. The van der Waals surface area contributed by atoms with Gasteiger partial charge >= 0.3 is 0 Å². The molecular weight excluding hydrogens is 383 g/mol. The van der Waals surface area contributed by atoms with Crippen LogP contribution in [-0.4, -0.2) is 37.3 Å². The predicted molar refractivity (Wildman–Crippen MR) is 104 cm³/mol. The van der Waals surface area contributed by atoms with Gasteiger partial charge in [-0.1, -0.05) is 23.7 Å². The Bertz CT molecular complexity index is 971. The minimum absolute atomic E-state index is 0.229. The van der Waals surface area contributed by atoms with Crippen LogP contribution in [0.5, 0.6) is 0 Å². The van der Waals surface area contributed by atoms with E-state index in [9.17, 15) is 9.50 Å². The minimum atomic E-state index is -1.00. The molecule has 0 fully saturated rings. The fourth-order valence-electron chi connectivity index (χ4n) is 3.56. The van der Waals surface area contributed by atoms with Gasteiger partial charge in [0.05, 0.1) is 16.9 Å². The third kappa shape index (κ3) is 3.81. The lowest BCUT2D eigenvalue weighted by atomic mass is 10.1. The maximum Gasteiger partial charge on any atom is 0.150 e. The van der Waals surface area contributed by atoms with Gasteiger partial charge in [0.25, 0.3) is 0 Å². The predicted octanol–water partition coefficient (Wildman–Crippen LogP) is 2.09. The van der Waals surface area contributed by atoms with E-state index in [2.05, 4.69) is 15.5 Å². The Morgan fingerprint density at radius 2 is 2.11 bits per heavy atom. The van der Waals surface area contributed by atoms with Gasteiger partial charge < -0.3 is 10.8 Å². The van der Waals surface area contributed by atoms with Crippen LogP contribution in [0.2, 0.25) is 5.02 Å². The van der Waals surface area contributed by atoms with Crippen molar-refractivity contribution < 1.29 is 9.50 Å². The van der Waals surface area contributed by atoms with E-state index in [1.807, 2.05) is 21.5 Å². The fraction of sp³-hybridized carbons (Fsp3) is 0.368. The number of nitrogens with two attached hydrogens (primary N) is 1. The van der Waals surface area contributed by atoms with Crippen LogP contribution < -0.4 is 11.1 Å². The van der Waals surface area contributed by atoms with Crippen LogP contribution in [0.4, 0.5) is 4.39 Å². The standard InChI is InChI=1S/C19H22ClFN6O/c20-15-11-23-27-6-2-5-26-17(18(15)27)9-16(25-26)19(28)24-14(10-22)8-12-3-1-4-13(21)7-12/h1,3-4,7,9,11,14,19,24,28H,2,5-6,8,10,22H2/t14-,19?/m0/s1. The van der Waals surface area contributed by atoms with E-state index in [4.69, 9.17) is 17.3 Å². The Balaban J connectivity index is 1.53. The van der Waals surface area contributed by atoms with Crippen molar-refractivity contribution in [1.82, 2.24) is 24.9 Å². The third-order valence-corrected chi connectivity index (χ3v) is 5.18. The Labute approximate surface area is 166 Å². The summed E-state index contributed by atoms with van der Waals surface area (Å²) in [6, 6.07) is 7.96. The highest BCUT2D eigenvalue weighted by molar-refractivity contribution is 6.32. The third-order valence-electron chi connectivity index (χ3n) is 4.91. The number of hydrogen-bond donors (Lipinski definition) is 3. The molecule has 0 radical (unpaired) electrons. The first kappa shape index (κ1) is 19.1. The number of aromatic nitrogens is 4. The average Bonchev–Trinajstić information content (AvgIpc) is 3.20. The number of benzene rings is 1. The molecule has 1 aromatic carbocycles. The van der Waals surface area contributed by atoms with Gasteiger partial charge in [0.1, 0.15) is 23.4 Å². The Morgan fingerprint density at radius 1 is 1.29 bits per heavy atom. The van der Waals surface area contributed by atoms with Crippen LogP contribution in [0.3, 0.4) is 0 Å². The van der Waals surface area contributed by atoms with E-state index >= 15 is 0 Å². The summed E-state index contributed by atoms with van der Waals surface area (Å²) < 4.78 is 17.1. The van der Waals surface area contributed by atoms with Crippen molar-refractivity contribution in [3.05, 3.63) is 58.6 Å². The van der Waals surface area contributed by atoms with Gasteiger partial charge in [-0.25, -0.2) is 4.39 Å². The molecule has 0 spiro atoms. The fourth-order valence-corrected chi connectivity index (χ4v) is 3.79. The first-order valence-corrected chi connectivity index (χ1v) is 9.61. The summed E-state index contributed by atoms with van der Waals surface area (Å²) in [5.74, 6) is -0.292. The highest BCUT2D eigenvalue weighted by Crippen LogP contribution is 2.31. The zero-order valence-electron chi connectivity index (χ0n) is 15.2. The monoisotopic (exact) mass is 404 g/mol. The maximum absolute atomic E-state index is 13.4. The van der Waals surface area contributed by atoms with Crippen LogP contribution in [0.15, 0.2) is 36.5 Å². The number of fused-ring (bicyclic) bond motifs is 3. The molecule has 148 valence electrons. The van der Waals surface area contributed by atoms with Crippen LogP contribution in [0, 0.1) is 5.82 Å². The molecule has 0 amide bonds. The van der Waals surface area contributed by atoms with Crippen LogP contribution >= 0.6 is 11.6 Å². The van der Waals surface area contributed by atoms with E-state index in [-0.39, 0.29) is 11.9 Å². The van der Waals surface area contributed by atoms with Gasteiger partial charge in [0.15, 0.2) is 0 Å². The van der Waals surface area contributed by atoms with E-state index in [0.717, 1.165) is 29.9 Å². The SMILES string of the molecule is NC[C@H](Cc1cccc(F)c1)NC(O)c1cc2n(n1)CCCn1ncc(Cl)c1-2. The molecule has 28 heavy (non-hydrogen) atoms. The van der Waals surface area contributed by atoms with Gasteiger partial charge in [-0.2, -0.15) is 10.2 Å². The molecule has 4 N–H and O–H groups in total. The number of aliphatic hydroxyl groups is 1. The quantitative estimate of drug-likeness (QED) is 0.547. The minimum Gasteiger partial charge on any atom is -0.373 e. The topological polar surface area (TPSA) is 93.9 Å². The van der Waals surface area contributed by atoms with Crippen molar-refractivity contribution >= 4 is 11.6 Å². The normalized spacial score (nSPS) is 15.6. The Hall–Kier alpha value is -2.26. The number of halogens is 2. The molecule has 0 aliphatic carbocycles. The van der Waals surface area contributed by atoms with E-state index in [1.54, 1.807) is 12.3 Å². The summed E-state index contributed by atoms with van der Waals surface area (Å²) in [6.45, 7) is 1.77. The second-order valence-electron chi connectivity index (χ2n) is 6.93. The first-order valence-electron chi connectivity index (χ1n) is 9.23. The van der Waals surface area contributed by atoms with Crippen molar-refractivity contribution in [1.29, 1.82) is 0 Å². The molecule has 0 bridgehead atoms. The number of aryl methyl sites for hydroxylation is 2. The summed E-state index contributed by atoms with van der Waals surface area (Å²) >= 11 is 6.31. The second kappa shape index (κ2) is 8.00. The van der Waals surface area contributed by atoms with Crippen molar-refractivity contribution in [2.75, 3.05) is 6.54 Å². The van der Waals surface area contributed by atoms with Crippen LogP contribution in [0.25, 0.3) is 11.4 Å². The molecule has 0 saturated carbocycles. The van der Waals surface area contributed by atoms with Crippen molar-refractivity contribution in [2.45, 2.75) is 38.2 Å². The molecule has 9 heteroatoms. The van der Waals surface area contributed by atoms with Gasteiger partial charge in [-0.15, -0.1) is 0 Å². The van der Waals surface area contributed by atoms with E-state index in [1.165, 1.54) is 12.1 Å². The molecule has 1 aliphatic heterocycles. The number of rotatable bonds is 6. The molecule has 2 atom stereocenters. The molecule has 0 saturated heterocycles. The largest absolute Gasteiger partial charge is 0.373 e. The van der Waals surface area contributed by atoms with Gasteiger partial charge in [-0.3, -0.25) is 14.7 Å². The van der Waals surface area contributed by atoms with Crippen LogP contribution in [-0.2, 0) is 19.5 Å². The maximum atomic E-state index is 13.4. The smallest absolute Gasteiger partial charge is 0.150 e. The Kier molecular flexibility index (Phi) is 5.45. The summed E-state index contributed by atoms with van der Waals surface area (Å²) in [5.41, 5.74) is 8.78. The molecule has 3 aromatic rings. The van der Waals surface area contributed by atoms with Gasteiger partial charge in [0.2, 0.25) is 0 Å². The lowest BCUT2D eigenvalue weighted by Gasteiger charge is -2.20. The van der Waals surface area contributed by atoms with Crippen molar-refractivity contribution in [3.8, 4) is 11.4 Å². The summed E-state index contributed by atoms with van der Waals surface area (Å²) in [7, 11) is 0. The lowest BCUT2D eigenvalue weighted by molar-refractivity contribution is 0.119. The van der Waals surface area contributed by atoms with Gasteiger partial charge in [-0.05, 0) is 36.6 Å². The molecule has 3 heterocycles. The zero-order chi connectivity index (χ0) is 19.7. The number of aliphatic hydroxyl groups excluding tert-OH is 1. The van der Waals surface area contributed by atoms with Crippen molar-refractivity contribution in [3.63, 3.8) is 0 Å². The number of nitrogens with zero attached hydrogens (tertiary/aromatic N) is 4. The molecule has 1 aliphatic rings. The lowest BCUT2D eigenvalue weighted by Crippen LogP contribution is -2.40. The molecule has 1 unspecified atom stereocenters. The second-order valence-corrected chi connectivity index (χ2v) is 7.34. The summed E-state index contributed by atoms with van der Waals surface area (Å²) in [5, 5.41) is 23.2. The summed E-state index contributed by atoms with van der Waals surface area (Å²) in [6.07, 6.45) is 1.99. The molecular formula is C19H22ClFN6O. The average molecular weight is 405 g/mol. The molecule has 7 nitrogen and oxygen atoms in total. The van der Waals surface area contributed by atoms with E-state index < -0.39 is 6.23 Å². The number of hydrogen-bond acceptors (Lipinski definition) is 5. The van der Waals surface area contributed by atoms with Gasteiger partial charge in [0, 0.05) is 25.7 Å². The van der Waals surface area contributed by atoms with Crippen molar-refractivity contribution in [2.24, 2.45) is 5.73 Å². The Morgan fingerprint density at radius 3 is 2.89 bits per heavy atom.